The van der Waals surface area contributed by atoms with E-state index in [1.54, 1.807) is 20.8 Å². The maximum atomic E-state index is 13.7. The Morgan fingerprint density at radius 3 is 2.50 bits per heavy atom. The van der Waals surface area contributed by atoms with Crippen molar-refractivity contribution in [2.75, 3.05) is 13.7 Å². The molecule has 0 N–H and O–H groups in total. The quantitative estimate of drug-likeness (QED) is 0.687. The Balaban J connectivity index is 1.92. The molecule has 0 aliphatic carbocycles. The number of benzene rings is 2. The van der Waals surface area contributed by atoms with Gasteiger partial charge in [0.15, 0.2) is 11.6 Å². The molecule has 148 valence electrons. The standard InChI is InChI=1S/C22H22F2O4/c1-21(2,19(25)15-9-13(23)5-7-17(15)27-4)11-22(3)12-28-18-8-6-14(24)10-16(18)20(22)26/h5-10H,11-12H2,1-4H3. The highest BCUT2D eigenvalue weighted by atomic mass is 19.1. The van der Waals surface area contributed by atoms with Gasteiger partial charge in [-0.2, -0.15) is 0 Å². The predicted octanol–water partition coefficient (Wildman–Crippen LogP) is 4.85. The first kappa shape index (κ1) is 20.0. The van der Waals surface area contributed by atoms with Gasteiger partial charge in [0.05, 0.1) is 23.7 Å². The molecule has 0 aromatic heterocycles. The third kappa shape index (κ3) is 3.51. The molecule has 1 unspecified atom stereocenters. The summed E-state index contributed by atoms with van der Waals surface area (Å²) >= 11 is 0. The van der Waals surface area contributed by atoms with Crippen molar-refractivity contribution < 1.29 is 27.8 Å². The van der Waals surface area contributed by atoms with E-state index in [0.29, 0.717) is 5.75 Å². The minimum Gasteiger partial charge on any atom is -0.496 e. The topological polar surface area (TPSA) is 52.6 Å². The highest BCUT2D eigenvalue weighted by molar-refractivity contribution is 6.06. The molecule has 0 radical (unpaired) electrons. The molecule has 0 fully saturated rings. The zero-order chi connectivity index (χ0) is 20.7. The molecule has 2 aromatic carbocycles. The molecule has 0 bridgehead atoms. The summed E-state index contributed by atoms with van der Waals surface area (Å²) in [5, 5.41) is 0. The summed E-state index contributed by atoms with van der Waals surface area (Å²) in [4.78, 5) is 26.2. The second-order valence-corrected chi connectivity index (χ2v) is 8.05. The first-order chi connectivity index (χ1) is 13.1. The molecule has 0 amide bonds. The normalized spacial score (nSPS) is 19.0. The molecule has 1 aliphatic heterocycles. The molecule has 1 aliphatic rings. The predicted molar refractivity (Wildman–Crippen MR) is 100 cm³/mol. The number of carbonyl (C=O) groups is 2. The Kier molecular flexibility index (Phi) is 5.00. The van der Waals surface area contributed by atoms with Gasteiger partial charge in [-0.15, -0.1) is 0 Å². The maximum absolute atomic E-state index is 13.7. The van der Waals surface area contributed by atoms with E-state index >= 15 is 0 Å². The molecule has 0 saturated heterocycles. The van der Waals surface area contributed by atoms with E-state index in [9.17, 15) is 18.4 Å². The van der Waals surface area contributed by atoms with Crippen LogP contribution in [-0.4, -0.2) is 25.3 Å². The second-order valence-electron chi connectivity index (χ2n) is 8.05. The third-order valence-corrected chi connectivity index (χ3v) is 5.13. The Morgan fingerprint density at radius 1 is 1.18 bits per heavy atom. The first-order valence-electron chi connectivity index (χ1n) is 8.93. The number of Topliss-reactive ketones (excluding diaryl/α,β-unsaturated/α-hetero) is 2. The van der Waals surface area contributed by atoms with E-state index in [2.05, 4.69) is 0 Å². The zero-order valence-corrected chi connectivity index (χ0v) is 16.3. The zero-order valence-electron chi connectivity index (χ0n) is 16.3. The lowest BCUT2D eigenvalue weighted by Gasteiger charge is -2.38. The van der Waals surface area contributed by atoms with E-state index < -0.39 is 22.5 Å². The second kappa shape index (κ2) is 7.00. The molecule has 2 aromatic rings. The molecule has 1 atom stereocenters. The number of fused-ring (bicyclic) bond motifs is 1. The lowest BCUT2D eigenvalue weighted by molar-refractivity contribution is 0.0474. The number of ketones is 2. The van der Waals surface area contributed by atoms with E-state index in [-0.39, 0.29) is 41.5 Å². The van der Waals surface area contributed by atoms with Crippen molar-refractivity contribution in [3.05, 3.63) is 59.2 Å². The first-order valence-corrected chi connectivity index (χ1v) is 8.93. The van der Waals surface area contributed by atoms with Crippen LogP contribution in [-0.2, 0) is 0 Å². The van der Waals surface area contributed by atoms with Gasteiger partial charge in [-0.1, -0.05) is 13.8 Å². The van der Waals surface area contributed by atoms with Crippen LogP contribution < -0.4 is 9.47 Å². The van der Waals surface area contributed by atoms with E-state index in [4.69, 9.17) is 9.47 Å². The van der Waals surface area contributed by atoms with Crippen LogP contribution in [0.4, 0.5) is 8.78 Å². The Bertz CT molecular complexity index is 952. The smallest absolute Gasteiger partial charge is 0.175 e. The van der Waals surface area contributed by atoms with Crippen LogP contribution in [0.2, 0.25) is 0 Å². The fraction of sp³-hybridized carbons (Fsp3) is 0.364. The number of hydrogen-bond donors (Lipinski definition) is 0. The lowest BCUT2D eigenvalue weighted by Crippen LogP contribution is -2.43. The SMILES string of the molecule is COc1ccc(F)cc1C(=O)C(C)(C)CC1(C)COc2ccc(F)cc2C1=O. The molecular formula is C22H22F2O4. The van der Waals surface area contributed by atoms with Crippen LogP contribution in [0.5, 0.6) is 11.5 Å². The molecule has 1 heterocycles. The molecule has 0 spiro atoms. The summed E-state index contributed by atoms with van der Waals surface area (Å²) in [5.41, 5.74) is -1.76. The number of hydrogen-bond acceptors (Lipinski definition) is 4. The van der Waals surface area contributed by atoms with Gasteiger partial charge >= 0.3 is 0 Å². The molecule has 6 heteroatoms. The van der Waals surface area contributed by atoms with E-state index in [1.165, 1.54) is 31.4 Å². The fourth-order valence-electron chi connectivity index (χ4n) is 3.84. The Hall–Kier alpha value is -2.76. The van der Waals surface area contributed by atoms with E-state index in [1.807, 2.05) is 0 Å². The van der Waals surface area contributed by atoms with Crippen LogP contribution >= 0.6 is 0 Å². The average Bonchev–Trinajstić information content (AvgIpc) is 2.64. The molecule has 4 nitrogen and oxygen atoms in total. The minimum atomic E-state index is -1.03. The van der Waals surface area contributed by atoms with Gasteiger partial charge in [0.2, 0.25) is 0 Å². The van der Waals surface area contributed by atoms with Crippen molar-refractivity contribution in [3.63, 3.8) is 0 Å². The number of carbonyl (C=O) groups excluding carboxylic acids is 2. The van der Waals surface area contributed by atoms with Crippen LogP contribution in [0, 0.1) is 22.5 Å². The summed E-state index contributed by atoms with van der Waals surface area (Å²) in [6.07, 6.45) is 0.146. The van der Waals surface area contributed by atoms with Crippen LogP contribution in [0.15, 0.2) is 36.4 Å². The van der Waals surface area contributed by atoms with Gasteiger partial charge in [0, 0.05) is 5.41 Å². The molecular weight excluding hydrogens is 366 g/mol. The van der Waals surface area contributed by atoms with Crippen molar-refractivity contribution >= 4 is 11.6 Å². The minimum absolute atomic E-state index is 0.0709. The monoisotopic (exact) mass is 388 g/mol. The van der Waals surface area contributed by atoms with Crippen LogP contribution in [0.3, 0.4) is 0 Å². The lowest BCUT2D eigenvalue weighted by atomic mass is 9.67. The summed E-state index contributed by atoms with van der Waals surface area (Å²) in [6, 6.07) is 7.56. The largest absolute Gasteiger partial charge is 0.496 e. The number of halogens is 2. The van der Waals surface area contributed by atoms with Gasteiger partial charge in [0.1, 0.15) is 29.7 Å². The molecule has 3 rings (SSSR count). The average molecular weight is 388 g/mol. The van der Waals surface area contributed by atoms with Gasteiger partial charge < -0.3 is 9.47 Å². The van der Waals surface area contributed by atoms with Crippen molar-refractivity contribution in [3.8, 4) is 11.5 Å². The number of methoxy groups -OCH3 is 1. The van der Waals surface area contributed by atoms with Gasteiger partial charge in [-0.05, 0) is 49.7 Å². The fourth-order valence-corrected chi connectivity index (χ4v) is 3.84. The summed E-state index contributed by atoms with van der Waals surface area (Å²) in [5.74, 6) is -1.10. The van der Waals surface area contributed by atoms with Crippen LogP contribution in [0.1, 0.15) is 47.9 Å². The van der Waals surface area contributed by atoms with Gasteiger partial charge in [0.25, 0.3) is 0 Å². The van der Waals surface area contributed by atoms with Gasteiger partial charge in [-0.3, -0.25) is 9.59 Å². The van der Waals surface area contributed by atoms with Crippen molar-refractivity contribution in [2.24, 2.45) is 10.8 Å². The van der Waals surface area contributed by atoms with Gasteiger partial charge in [-0.25, -0.2) is 8.78 Å². The van der Waals surface area contributed by atoms with Crippen molar-refractivity contribution in [1.29, 1.82) is 0 Å². The van der Waals surface area contributed by atoms with E-state index in [0.717, 1.165) is 12.1 Å². The highest BCUT2D eigenvalue weighted by Crippen LogP contribution is 2.44. The molecule has 0 saturated carbocycles. The summed E-state index contributed by atoms with van der Waals surface area (Å²) in [7, 11) is 1.41. The Labute approximate surface area is 162 Å². The highest BCUT2D eigenvalue weighted by Gasteiger charge is 2.46. The maximum Gasteiger partial charge on any atom is 0.175 e. The van der Waals surface area contributed by atoms with Crippen molar-refractivity contribution in [2.45, 2.75) is 27.2 Å². The summed E-state index contributed by atoms with van der Waals surface area (Å²) < 4.78 is 38.2. The summed E-state index contributed by atoms with van der Waals surface area (Å²) in [6.45, 7) is 5.15. The number of ether oxygens (including phenoxy) is 2. The Morgan fingerprint density at radius 2 is 1.82 bits per heavy atom. The molecule has 28 heavy (non-hydrogen) atoms. The number of rotatable bonds is 5. The van der Waals surface area contributed by atoms with Crippen LogP contribution in [0.25, 0.3) is 0 Å². The van der Waals surface area contributed by atoms with Crippen molar-refractivity contribution in [1.82, 2.24) is 0 Å². The third-order valence-electron chi connectivity index (χ3n) is 5.13.